The van der Waals surface area contributed by atoms with Crippen LogP contribution in [0.3, 0.4) is 0 Å². The summed E-state index contributed by atoms with van der Waals surface area (Å²) in [6.45, 7) is 7.23. The third-order valence-corrected chi connectivity index (χ3v) is 1.60. The van der Waals surface area contributed by atoms with Crippen LogP contribution in [0.15, 0.2) is 4.52 Å². The lowest BCUT2D eigenvalue weighted by atomic mass is 10.2. The number of aromatic nitrogens is 2. The van der Waals surface area contributed by atoms with Crippen LogP contribution in [-0.2, 0) is 6.42 Å². The molecule has 0 saturated heterocycles. The highest BCUT2D eigenvalue weighted by Gasteiger charge is 2.04. The van der Waals surface area contributed by atoms with Crippen LogP contribution in [0.4, 0.5) is 6.01 Å². The predicted octanol–water partition coefficient (Wildman–Crippen LogP) is 2.09. The number of nitrogens with one attached hydrogen (secondary N) is 1. The van der Waals surface area contributed by atoms with Crippen LogP contribution in [0.2, 0.25) is 0 Å². The summed E-state index contributed by atoms with van der Waals surface area (Å²) in [4.78, 5) is 4.18. The average Bonchev–Trinajstić information content (AvgIpc) is 2.50. The van der Waals surface area contributed by atoms with Gasteiger partial charge in [-0.05, 0) is 12.3 Å². The third kappa shape index (κ3) is 3.44. The van der Waals surface area contributed by atoms with Crippen LogP contribution in [0.5, 0.6) is 0 Å². The molecule has 4 heteroatoms. The Morgan fingerprint density at radius 3 is 2.85 bits per heavy atom. The molecule has 1 N–H and O–H groups in total. The lowest BCUT2D eigenvalue weighted by molar-refractivity contribution is 0.420. The first kappa shape index (κ1) is 10.0. The second kappa shape index (κ2) is 4.84. The van der Waals surface area contributed by atoms with E-state index in [2.05, 4.69) is 36.2 Å². The van der Waals surface area contributed by atoms with Gasteiger partial charge in [-0.1, -0.05) is 25.9 Å². The average molecular weight is 183 g/mol. The van der Waals surface area contributed by atoms with Crippen LogP contribution >= 0.6 is 0 Å². The molecule has 1 aromatic heterocycles. The maximum atomic E-state index is 5.00. The molecule has 13 heavy (non-hydrogen) atoms. The van der Waals surface area contributed by atoms with Gasteiger partial charge in [0, 0.05) is 13.0 Å². The summed E-state index contributed by atoms with van der Waals surface area (Å²) in [6.07, 6.45) is 1.93. The maximum absolute atomic E-state index is 5.00. The van der Waals surface area contributed by atoms with Crippen molar-refractivity contribution in [3.63, 3.8) is 0 Å². The van der Waals surface area contributed by atoms with Gasteiger partial charge in [-0.3, -0.25) is 0 Å². The molecule has 0 radical (unpaired) electrons. The molecule has 0 saturated carbocycles. The molecule has 0 bridgehead atoms. The smallest absolute Gasteiger partial charge is 0.321 e. The van der Waals surface area contributed by atoms with Gasteiger partial charge in [-0.25, -0.2) is 0 Å². The quantitative estimate of drug-likeness (QED) is 0.759. The van der Waals surface area contributed by atoms with Crippen LogP contribution in [0.25, 0.3) is 0 Å². The number of nitrogens with zero attached hydrogens (tertiary/aromatic N) is 2. The van der Waals surface area contributed by atoms with E-state index in [9.17, 15) is 0 Å². The van der Waals surface area contributed by atoms with Gasteiger partial charge >= 0.3 is 6.01 Å². The zero-order valence-electron chi connectivity index (χ0n) is 8.50. The zero-order chi connectivity index (χ0) is 9.68. The summed E-state index contributed by atoms with van der Waals surface area (Å²) in [5.41, 5.74) is 0. The van der Waals surface area contributed by atoms with Crippen LogP contribution in [-0.4, -0.2) is 16.7 Å². The Hall–Kier alpha value is -1.06. The van der Waals surface area contributed by atoms with Gasteiger partial charge in [-0.15, -0.1) is 0 Å². The fraction of sp³-hybridized carbons (Fsp3) is 0.778. The van der Waals surface area contributed by atoms with E-state index in [0.29, 0.717) is 11.9 Å². The Labute approximate surface area is 78.7 Å². The van der Waals surface area contributed by atoms with E-state index in [1.54, 1.807) is 0 Å². The highest BCUT2D eigenvalue weighted by Crippen LogP contribution is 2.05. The van der Waals surface area contributed by atoms with E-state index in [-0.39, 0.29) is 0 Å². The molecular weight excluding hydrogens is 166 g/mol. The molecular formula is C9H17N3O. The minimum atomic E-state index is 0.539. The zero-order valence-corrected chi connectivity index (χ0v) is 8.50. The molecule has 0 aromatic carbocycles. The Bertz CT molecular complexity index is 245. The first-order valence-corrected chi connectivity index (χ1v) is 4.78. The summed E-state index contributed by atoms with van der Waals surface area (Å²) in [5.74, 6) is 1.37. The van der Waals surface area contributed by atoms with Crippen molar-refractivity contribution in [2.75, 3.05) is 11.9 Å². The van der Waals surface area contributed by atoms with Gasteiger partial charge in [0.1, 0.15) is 0 Å². The monoisotopic (exact) mass is 183 g/mol. The minimum absolute atomic E-state index is 0.539. The standard InChI is InChI=1S/C9H17N3O/c1-4-5-8-11-9(13-12-8)10-6-7(2)3/h7H,4-6H2,1-3H3,(H,10,11,12). The van der Waals surface area contributed by atoms with E-state index in [0.717, 1.165) is 25.2 Å². The van der Waals surface area contributed by atoms with E-state index in [1.165, 1.54) is 0 Å². The summed E-state index contributed by atoms with van der Waals surface area (Å²) >= 11 is 0. The van der Waals surface area contributed by atoms with Crippen molar-refractivity contribution in [1.29, 1.82) is 0 Å². The lowest BCUT2D eigenvalue weighted by Crippen LogP contribution is -2.07. The Morgan fingerprint density at radius 2 is 2.23 bits per heavy atom. The topological polar surface area (TPSA) is 51.0 Å². The lowest BCUT2D eigenvalue weighted by Gasteiger charge is -2.02. The third-order valence-electron chi connectivity index (χ3n) is 1.60. The number of anilines is 1. The first-order valence-electron chi connectivity index (χ1n) is 4.78. The van der Waals surface area contributed by atoms with Crippen molar-refractivity contribution in [3.05, 3.63) is 5.82 Å². The molecule has 0 aliphatic carbocycles. The number of rotatable bonds is 5. The summed E-state index contributed by atoms with van der Waals surface area (Å²) in [6, 6.07) is 0.539. The molecule has 0 atom stereocenters. The number of hydrogen-bond donors (Lipinski definition) is 1. The highest BCUT2D eigenvalue weighted by molar-refractivity contribution is 5.17. The fourth-order valence-electron chi connectivity index (χ4n) is 0.942. The van der Waals surface area contributed by atoms with Gasteiger partial charge < -0.3 is 9.84 Å². The van der Waals surface area contributed by atoms with Crippen molar-refractivity contribution in [2.24, 2.45) is 5.92 Å². The molecule has 1 aromatic rings. The molecule has 4 nitrogen and oxygen atoms in total. The number of hydrogen-bond acceptors (Lipinski definition) is 4. The Kier molecular flexibility index (Phi) is 3.73. The van der Waals surface area contributed by atoms with Crippen molar-refractivity contribution in [3.8, 4) is 0 Å². The van der Waals surface area contributed by atoms with Crippen LogP contribution in [0.1, 0.15) is 33.0 Å². The summed E-state index contributed by atoms with van der Waals surface area (Å²) in [5, 5.41) is 6.92. The molecule has 0 fully saturated rings. The van der Waals surface area contributed by atoms with Crippen LogP contribution in [0, 0.1) is 5.92 Å². The molecule has 1 rings (SSSR count). The number of aryl methyl sites for hydroxylation is 1. The van der Waals surface area contributed by atoms with Crippen molar-refractivity contribution in [2.45, 2.75) is 33.6 Å². The molecule has 0 amide bonds. The van der Waals surface area contributed by atoms with Gasteiger partial charge in [0.15, 0.2) is 5.82 Å². The van der Waals surface area contributed by atoms with Crippen molar-refractivity contribution < 1.29 is 4.52 Å². The maximum Gasteiger partial charge on any atom is 0.321 e. The van der Waals surface area contributed by atoms with Gasteiger partial charge in [0.25, 0.3) is 0 Å². The molecule has 0 spiro atoms. The van der Waals surface area contributed by atoms with E-state index in [1.807, 2.05) is 0 Å². The normalized spacial score (nSPS) is 10.8. The van der Waals surface area contributed by atoms with E-state index >= 15 is 0 Å². The van der Waals surface area contributed by atoms with Gasteiger partial charge in [0.2, 0.25) is 0 Å². The Morgan fingerprint density at radius 1 is 1.46 bits per heavy atom. The van der Waals surface area contributed by atoms with E-state index < -0.39 is 0 Å². The largest absolute Gasteiger partial charge is 0.338 e. The second-order valence-corrected chi connectivity index (χ2v) is 3.54. The molecule has 1 heterocycles. The summed E-state index contributed by atoms with van der Waals surface area (Å²) in [7, 11) is 0. The van der Waals surface area contributed by atoms with Crippen LogP contribution < -0.4 is 5.32 Å². The Balaban J connectivity index is 2.39. The highest BCUT2D eigenvalue weighted by atomic mass is 16.5. The molecule has 0 aliphatic heterocycles. The first-order chi connectivity index (χ1) is 6.22. The van der Waals surface area contributed by atoms with Gasteiger partial charge in [0.05, 0.1) is 0 Å². The summed E-state index contributed by atoms with van der Waals surface area (Å²) < 4.78 is 5.00. The minimum Gasteiger partial charge on any atom is -0.338 e. The molecule has 0 unspecified atom stereocenters. The fourth-order valence-corrected chi connectivity index (χ4v) is 0.942. The SMILES string of the molecule is CCCc1noc(NCC(C)C)n1. The van der Waals surface area contributed by atoms with Gasteiger partial charge in [-0.2, -0.15) is 4.98 Å². The van der Waals surface area contributed by atoms with E-state index in [4.69, 9.17) is 4.52 Å². The van der Waals surface area contributed by atoms with Crippen molar-refractivity contribution >= 4 is 6.01 Å². The van der Waals surface area contributed by atoms with Crippen molar-refractivity contribution in [1.82, 2.24) is 10.1 Å². The second-order valence-electron chi connectivity index (χ2n) is 3.54. The molecule has 74 valence electrons. The molecule has 0 aliphatic rings. The predicted molar refractivity (Wildman–Crippen MR) is 51.6 cm³/mol.